The number of carbonyl (C=O) groups is 1. The Morgan fingerprint density at radius 3 is 2.88 bits per heavy atom. The molecule has 0 spiro atoms. The summed E-state index contributed by atoms with van der Waals surface area (Å²) < 4.78 is 5.14. The molecule has 0 N–H and O–H groups in total. The lowest BCUT2D eigenvalue weighted by molar-refractivity contribution is 0.0984. The van der Waals surface area contributed by atoms with Crippen LogP contribution >= 0.6 is 22.7 Å². The number of ether oxygens (including phenoxy) is 1. The van der Waals surface area contributed by atoms with E-state index in [1.165, 1.54) is 16.2 Å². The second kappa shape index (κ2) is 5.27. The van der Waals surface area contributed by atoms with Crippen LogP contribution in [-0.2, 0) is 6.42 Å². The van der Waals surface area contributed by atoms with Crippen molar-refractivity contribution in [1.29, 1.82) is 0 Å². The van der Waals surface area contributed by atoms with E-state index in [4.69, 9.17) is 4.74 Å². The molecule has 0 aliphatic heterocycles. The highest BCUT2D eigenvalue weighted by Crippen LogP contribution is 2.26. The van der Waals surface area contributed by atoms with E-state index in [1.54, 1.807) is 18.4 Å². The van der Waals surface area contributed by atoms with Crippen LogP contribution in [0.15, 0.2) is 29.0 Å². The molecule has 2 rings (SSSR count). The Labute approximate surface area is 103 Å². The summed E-state index contributed by atoms with van der Waals surface area (Å²) >= 11 is 3.14. The minimum atomic E-state index is 0.167. The van der Waals surface area contributed by atoms with Gasteiger partial charge in [0.1, 0.15) is 10.6 Å². The molecule has 2 aromatic rings. The van der Waals surface area contributed by atoms with E-state index in [1.807, 2.05) is 22.9 Å². The maximum Gasteiger partial charge on any atom is 0.176 e. The first-order valence-electron chi connectivity index (χ1n) is 4.98. The minimum absolute atomic E-state index is 0.167. The van der Waals surface area contributed by atoms with Gasteiger partial charge in [-0.2, -0.15) is 0 Å². The Hall–Kier alpha value is -1.13. The highest BCUT2D eigenvalue weighted by atomic mass is 32.1. The van der Waals surface area contributed by atoms with Crippen molar-refractivity contribution in [2.75, 3.05) is 7.11 Å². The van der Waals surface area contributed by atoms with Gasteiger partial charge in [0.15, 0.2) is 5.78 Å². The van der Waals surface area contributed by atoms with Crippen LogP contribution < -0.4 is 4.74 Å². The quantitative estimate of drug-likeness (QED) is 0.759. The van der Waals surface area contributed by atoms with Crippen LogP contribution in [0.4, 0.5) is 0 Å². The minimum Gasteiger partial charge on any atom is -0.495 e. The van der Waals surface area contributed by atoms with Crippen molar-refractivity contribution in [3.63, 3.8) is 0 Å². The molecule has 2 nitrogen and oxygen atoms in total. The third-order valence-electron chi connectivity index (χ3n) is 2.28. The molecule has 0 aliphatic rings. The van der Waals surface area contributed by atoms with E-state index in [9.17, 15) is 4.79 Å². The van der Waals surface area contributed by atoms with Gasteiger partial charge in [-0.1, -0.05) is 6.07 Å². The molecule has 0 atom stereocenters. The summed E-state index contributed by atoms with van der Waals surface area (Å²) in [5, 5.41) is 3.92. The Bertz CT molecular complexity index is 457. The van der Waals surface area contributed by atoms with Gasteiger partial charge in [0.2, 0.25) is 0 Å². The van der Waals surface area contributed by atoms with E-state index >= 15 is 0 Å². The van der Waals surface area contributed by atoms with Gasteiger partial charge in [-0.05, 0) is 29.3 Å². The van der Waals surface area contributed by atoms with Gasteiger partial charge in [-0.25, -0.2) is 0 Å². The summed E-state index contributed by atoms with van der Waals surface area (Å²) in [6.07, 6.45) is 1.37. The van der Waals surface area contributed by atoms with Gasteiger partial charge in [-0.3, -0.25) is 4.79 Å². The number of aryl methyl sites for hydroxylation is 1. The van der Waals surface area contributed by atoms with Crippen molar-refractivity contribution in [3.05, 3.63) is 38.7 Å². The second-order valence-corrected chi connectivity index (χ2v) is 5.27. The molecular formula is C12H12O2S2. The smallest absolute Gasteiger partial charge is 0.176 e. The van der Waals surface area contributed by atoms with Crippen LogP contribution in [0.1, 0.15) is 21.0 Å². The maximum absolute atomic E-state index is 11.9. The normalized spacial score (nSPS) is 10.3. The maximum atomic E-state index is 11.9. The number of rotatable bonds is 5. The molecule has 0 aromatic carbocycles. The molecule has 16 heavy (non-hydrogen) atoms. The van der Waals surface area contributed by atoms with Gasteiger partial charge in [0.25, 0.3) is 0 Å². The molecule has 2 heterocycles. The fourth-order valence-electron chi connectivity index (χ4n) is 1.47. The predicted molar refractivity (Wildman–Crippen MR) is 67.8 cm³/mol. The van der Waals surface area contributed by atoms with Crippen LogP contribution in [0.25, 0.3) is 0 Å². The number of hydrogen-bond acceptors (Lipinski definition) is 4. The van der Waals surface area contributed by atoms with Crippen molar-refractivity contribution in [2.45, 2.75) is 12.8 Å². The number of hydrogen-bond donors (Lipinski definition) is 0. The number of thiophene rings is 2. The Morgan fingerprint density at radius 2 is 2.19 bits per heavy atom. The van der Waals surface area contributed by atoms with Crippen LogP contribution in [0.3, 0.4) is 0 Å². The van der Waals surface area contributed by atoms with Gasteiger partial charge in [0, 0.05) is 11.3 Å². The fraction of sp³-hybridized carbons (Fsp3) is 0.250. The highest BCUT2D eigenvalue weighted by molar-refractivity contribution is 7.12. The number of carbonyl (C=O) groups excluding carboxylic acids is 1. The Balaban J connectivity index is 1.98. The molecule has 4 heteroatoms. The van der Waals surface area contributed by atoms with Gasteiger partial charge >= 0.3 is 0 Å². The summed E-state index contributed by atoms with van der Waals surface area (Å²) in [7, 11) is 1.60. The molecule has 0 radical (unpaired) electrons. The molecule has 0 aliphatic carbocycles. The summed E-state index contributed by atoms with van der Waals surface area (Å²) in [5.41, 5.74) is 0. The first-order chi connectivity index (χ1) is 7.81. The third-order valence-corrected chi connectivity index (χ3v) is 4.15. The topological polar surface area (TPSA) is 26.3 Å². The summed E-state index contributed by atoms with van der Waals surface area (Å²) in [4.78, 5) is 13.9. The zero-order chi connectivity index (χ0) is 11.4. The van der Waals surface area contributed by atoms with Crippen LogP contribution in [0.5, 0.6) is 5.75 Å². The van der Waals surface area contributed by atoms with Gasteiger partial charge in [0.05, 0.1) is 7.11 Å². The lowest BCUT2D eigenvalue weighted by atomic mass is 10.1. The SMILES string of the molecule is COc1ccsc1C(=O)CCc1cccs1. The van der Waals surface area contributed by atoms with Crippen molar-refractivity contribution >= 4 is 28.5 Å². The Morgan fingerprint density at radius 1 is 1.31 bits per heavy atom. The first-order valence-corrected chi connectivity index (χ1v) is 6.74. The average Bonchev–Trinajstić information content (AvgIpc) is 2.96. The summed E-state index contributed by atoms with van der Waals surface area (Å²) in [6, 6.07) is 5.91. The van der Waals surface area contributed by atoms with Crippen molar-refractivity contribution in [1.82, 2.24) is 0 Å². The predicted octanol–water partition coefficient (Wildman–Crippen LogP) is 3.63. The number of ketones is 1. The molecule has 84 valence electrons. The zero-order valence-corrected chi connectivity index (χ0v) is 10.6. The average molecular weight is 252 g/mol. The zero-order valence-electron chi connectivity index (χ0n) is 8.93. The molecule has 0 fully saturated rings. The largest absolute Gasteiger partial charge is 0.495 e. The molecular weight excluding hydrogens is 240 g/mol. The summed E-state index contributed by atoms with van der Waals surface area (Å²) in [5.74, 6) is 0.862. The molecule has 2 aromatic heterocycles. The first kappa shape index (κ1) is 11.4. The lowest BCUT2D eigenvalue weighted by Gasteiger charge is -2.00. The van der Waals surface area contributed by atoms with Crippen molar-refractivity contribution < 1.29 is 9.53 Å². The van der Waals surface area contributed by atoms with E-state index < -0.39 is 0 Å². The Kier molecular flexibility index (Phi) is 3.74. The standard InChI is InChI=1S/C12H12O2S2/c1-14-11-6-8-16-12(11)10(13)5-4-9-3-2-7-15-9/h2-3,6-8H,4-5H2,1H3. The van der Waals surface area contributed by atoms with E-state index in [0.29, 0.717) is 12.2 Å². The summed E-state index contributed by atoms with van der Waals surface area (Å²) in [6.45, 7) is 0. The number of methoxy groups -OCH3 is 1. The monoisotopic (exact) mass is 252 g/mol. The molecule has 0 bridgehead atoms. The molecule has 0 unspecified atom stereocenters. The van der Waals surface area contributed by atoms with E-state index in [0.717, 1.165) is 11.3 Å². The fourth-order valence-corrected chi connectivity index (χ4v) is 3.00. The highest BCUT2D eigenvalue weighted by Gasteiger charge is 2.13. The third kappa shape index (κ3) is 2.51. The van der Waals surface area contributed by atoms with Gasteiger partial charge in [-0.15, -0.1) is 22.7 Å². The number of Topliss-reactive ketones (excluding diaryl/α,β-unsaturated/α-hetero) is 1. The van der Waals surface area contributed by atoms with Crippen molar-refractivity contribution in [2.24, 2.45) is 0 Å². The van der Waals surface area contributed by atoms with Crippen LogP contribution in [-0.4, -0.2) is 12.9 Å². The molecule has 0 saturated heterocycles. The van der Waals surface area contributed by atoms with Crippen LogP contribution in [0, 0.1) is 0 Å². The van der Waals surface area contributed by atoms with Gasteiger partial charge < -0.3 is 4.74 Å². The van der Waals surface area contributed by atoms with E-state index in [-0.39, 0.29) is 5.78 Å². The molecule has 0 saturated carbocycles. The molecule has 0 amide bonds. The van der Waals surface area contributed by atoms with E-state index in [2.05, 4.69) is 6.07 Å². The second-order valence-electron chi connectivity index (χ2n) is 3.32. The lowest BCUT2D eigenvalue weighted by Crippen LogP contribution is -1.99. The van der Waals surface area contributed by atoms with Crippen LogP contribution in [0.2, 0.25) is 0 Å². The van der Waals surface area contributed by atoms with Crippen molar-refractivity contribution in [3.8, 4) is 5.75 Å².